The van der Waals surface area contributed by atoms with Gasteiger partial charge in [-0.15, -0.1) is 0 Å². The number of ether oxygens (including phenoxy) is 1. The normalized spacial score (nSPS) is 16.3. The van der Waals surface area contributed by atoms with Gasteiger partial charge in [0.1, 0.15) is 11.8 Å². The molecule has 5 heteroatoms. The molecule has 2 aromatic rings. The Hall–Kier alpha value is -2.53. The number of nitrogens with one attached hydrogen (secondary N) is 1. The van der Waals surface area contributed by atoms with E-state index in [0.717, 1.165) is 28.4 Å². The minimum absolute atomic E-state index is 0.161. The van der Waals surface area contributed by atoms with Gasteiger partial charge in [-0.25, -0.2) is 0 Å². The lowest BCUT2D eigenvalue weighted by Gasteiger charge is -2.21. The van der Waals surface area contributed by atoms with Crippen LogP contribution in [-0.2, 0) is 4.79 Å². The van der Waals surface area contributed by atoms with Crippen LogP contribution in [0.4, 0.5) is 17.1 Å². The van der Waals surface area contributed by atoms with Gasteiger partial charge in [-0.3, -0.25) is 4.79 Å². The van der Waals surface area contributed by atoms with Gasteiger partial charge >= 0.3 is 0 Å². The molecule has 5 nitrogen and oxygen atoms in total. The van der Waals surface area contributed by atoms with E-state index in [0.29, 0.717) is 0 Å². The van der Waals surface area contributed by atoms with Crippen LogP contribution in [0, 0.1) is 0 Å². The third-order valence-electron chi connectivity index (χ3n) is 3.74. The van der Waals surface area contributed by atoms with Gasteiger partial charge in [-0.05, 0) is 24.3 Å². The number of nitrogens with zero attached hydrogens (tertiary/aromatic N) is 1. The minimum atomic E-state index is -0.573. The van der Waals surface area contributed by atoms with E-state index in [1.807, 2.05) is 54.4 Å². The highest BCUT2D eigenvalue weighted by molar-refractivity contribution is 6.03. The molecule has 0 aromatic heterocycles. The zero-order valence-electron chi connectivity index (χ0n) is 12.0. The molecule has 2 aromatic carbocycles. The maximum atomic E-state index is 11.6. The van der Waals surface area contributed by atoms with Crippen LogP contribution >= 0.6 is 0 Å². The van der Waals surface area contributed by atoms with Crippen LogP contribution in [0.2, 0.25) is 0 Å². The van der Waals surface area contributed by atoms with Crippen molar-refractivity contribution in [3.63, 3.8) is 0 Å². The highest BCUT2D eigenvalue weighted by Gasteiger charge is 2.27. The van der Waals surface area contributed by atoms with E-state index >= 15 is 0 Å². The second-order valence-electron chi connectivity index (χ2n) is 5.00. The predicted molar refractivity (Wildman–Crippen MR) is 83.1 cm³/mol. The molecule has 1 amide bonds. The molecular weight excluding hydrogens is 266 g/mol. The molecule has 1 heterocycles. The zero-order valence-corrected chi connectivity index (χ0v) is 12.0. The van der Waals surface area contributed by atoms with E-state index < -0.39 is 6.04 Å². The van der Waals surface area contributed by atoms with Gasteiger partial charge in [0.05, 0.1) is 7.11 Å². The Bertz CT molecular complexity index is 700. The smallest absolute Gasteiger partial charge is 0.245 e. The van der Waals surface area contributed by atoms with E-state index in [4.69, 9.17) is 10.5 Å². The number of rotatable bonds is 3. The summed E-state index contributed by atoms with van der Waals surface area (Å²) in [5.41, 5.74) is 9.41. The number of fused-ring (bicyclic) bond motifs is 1. The van der Waals surface area contributed by atoms with E-state index in [1.165, 1.54) is 0 Å². The number of amides is 1. The van der Waals surface area contributed by atoms with Crippen LogP contribution in [-0.4, -0.2) is 20.1 Å². The van der Waals surface area contributed by atoms with E-state index in [2.05, 4.69) is 5.32 Å². The molecule has 0 aliphatic carbocycles. The third-order valence-corrected chi connectivity index (χ3v) is 3.74. The number of carbonyl (C=O) groups excluding carboxylic acids is 1. The van der Waals surface area contributed by atoms with Crippen molar-refractivity contribution >= 4 is 23.0 Å². The summed E-state index contributed by atoms with van der Waals surface area (Å²) in [5, 5.41) is 2.80. The summed E-state index contributed by atoms with van der Waals surface area (Å²) >= 11 is 0. The van der Waals surface area contributed by atoms with Gasteiger partial charge in [0, 0.05) is 35.7 Å². The summed E-state index contributed by atoms with van der Waals surface area (Å²) in [6, 6.07) is 13.0. The highest BCUT2D eigenvalue weighted by Crippen LogP contribution is 2.35. The molecule has 0 fully saturated rings. The SMILES string of the molecule is COc1cccc(N(C)c2ccc3c(c2)NC(=O)C3N)c1. The summed E-state index contributed by atoms with van der Waals surface area (Å²) in [6.45, 7) is 0. The number of benzene rings is 2. The van der Waals surface area contributed by atoms with Crippen molar-refractivity contribution in [2.24, 2.45) is 5.73 Å². The van der Waals surface area contributed by atoms with Crippen molar-refractivity contribution in [3.8, 4) is 5.75 Å². The van der Waals surface area contributed by atoms with E-state index in [9.17, 15) is 4.79 Å². The Kier molecular flexibility index (Phi) is 3.27. The van der Waals surface area contributed by atoms with Gasteiger partial charge in [0.2, 0.25) is 5.91 Å². The van der Waals surface area contributed by atoms with Crippen LogP contribution in [0.3, 0.4) is 0 Å². The number of carbonyl (C=O) groups is 1. The lowest BCUT2D eigenvalue weighted by Crippen LogP contribution is -2.19. The second-order valence-corrected chi connectivity index (χ2v) is 5.00. The zero-order chi connectivity index (χ0) is 15.0. The molecule has 1 aliphatic rings. The molecule has 0 radical (unpaired) electrons. The molecule has 1 atom stereocenters. The van der Waals surface area contributed by atoms with Crippen molar-refractivity contribution in [1.29, 1.82) is 0 Å². The fourth-order valence-electron chi connectivity index (χ4n) is 2.45. The maximum absolute atomic E-state index is 11.6. The molecule has 1 aliphatic heterocycles. The topological polar surface area (TPSA) is 67.6 Å². The fourth-order valence-corrected chi connectivity index (χ4v) is 2.45. The fraction of sp³-hybridized carbons (Fsp3) is 0.188. The molecule has 1 unspecified atom stereocenters. The number of hydrogen-bond donors (Lipinski definition) is 2. The van der Waals surface area contributed by atoms with Crippen LogP contribution in [0.15, 0.2) is 42.5 Å². The summed E-state index contributed by atoms with van der Waals surface area (Å²) in [5.74, 6) is 0.641. The Balaban J connectivity index is 1.94. The number of anilines is 3. The second kappa shape index (κ2) is 5.10. The minimum Gasteiger partial charge on any atom is -0.497 e. The van der Waals surface area contributed by atoms with Gasteiger partial charge in [0.25, 0.3) is 0 Å². The summed E-state index contributed by atoms with van der Waals surface area (Å²) in [7, 11) is 3.61. The van der Waals surface area contributed by atoms with Crippen molar-refractivity contribution in [3.05, 3.63) is 48.0 Å². The number of hydrogen-bond acceptors (Lipinski definition) is 4. The quantitative estimate of drug-likeness (QED) is 0.907. The lowest BCUT2D eigenvalue weighted by molar-refractivity contribution is -0.116. The molecule has 0 saturated heterocycles. The molecule has 3 rings (SSSR count). The Morgan fingerprint density at radius 2 is 1.95 bits per heavy atom. The van der Waals surface area contributed by atoms with Gasteiger partial charge in [-0.1, -0.05) is 12.1 Å². The first kappa shape index (κ1) is 13.5. The van der Waals surface area contributed by atoms with Crippen LogP contribution in [0.1, 0.15) is 11.6 Å². The van der Waals surface area contributed by atoms with Crippen LogP contribution in [0.25, 0.3) is 0 Å². The Morgan fingerprint density at radius 3 is 2.71 bits per heavy atom. The maximum Gasteiger partial charge on any atom is 0.245 e. The predicted octanol–water partition coefficient (Wildman–Crippen LogP) is 2.42. The largest absolute Gasteiger partial charge is 0.497 e. The summed E-state index contributed by atoms with van der Waals surface area (Å²) in [4.78, 5) is 13.6. The van der Waals surface area contributed by atoms with Crippen LogP contribution < -0.4 is 20.7 Å². The molecule has 0 spiro atoms. The first-order valence-electron chi connectivity index (χ1n) is 6.68. The first-order valence-corrected chi connectivity index (χ1v) is 6.68. The van der Waals surface area contributed by atoms with Crippen molar-refractivity contribution in [1.82, 2.24) is 0 Å². The van der Waals surface area contributed by atoms with Gasteiger partial charge in [-0.2, -0.15) is 0 Å². The van der Waals surface area contributed by atoms with Gasteiger partial charge in [0.15, 0.2) is 0 Å². The lowest BCUT2D eigenvalue weighted by atomic mass is 10.1. The Morgan fingerprint density at radius 1 is 1.19 bits per heavy atom. The number of nitrogens with two attached hydrogens (primary N) is 1. The first-order chi connectivity index (χ1) is 10.1. The van der Waals surface area contributed by atoms with E-state index in [-0.39, 0.29) is 5.91 Å². The highest BCUT2D eigenvalue weighted by atomic mass is 16.5. The molecule has 0 saturated carbocycles. The third kappa shape index (κ3) is 2.32. The summed E-state index contributed by atoms with van der Waals surface area (Å²) < 4.78 is 5.24. The van der Waals surface area contributed by atoms with Crippen molar-refractivity contribution < 1.29 is 9.53 Å². The number of methoxy groups -OCH3 is 1. The Labute approximate surface area is 123 Å². The van der Waals surface area contributed by atoms with Crippen molar-refractivity contribution in [2.75, 3.05) is 24.4 Å². The average molecular weight is 283 g/mol. The molecule has 21 heavy (non-hydrogen) atoms. The molecule has 0 bridgehead atoms. The van der Waals surface area contributed by atoms with Crippen LogP contribution in [0.5, 0.6) is 5.75 Å². The van der Waals surface area contributed by atoms with Crippen molar-refractivity contribution in [2.45, 2.75) is 6.04 Å². The van der Waals surface area contributed by atoms with Gasteiger partial charge < -0.3 is 20.7 Å². The monoisotopic (exact) mass is 283 g/mol. The summed E-state index contributed by atoms with van der Waals surface area (Å²) in [6.07, 6.45) is 0. The molecule has 3 N–H and O–H groups in total. The molecular formula is C16H17N3O2. The standard InChI is InChI=1S/C16H17N3O2/c1-19(10-4-3-5-12(8-10)21-2)11-6-7-13-14(9-11)18-16(20)15(13)17/h3-9,15H,17H2,1-2H3,(H,18,20). The van der Waals surface area contributed by atoms with E-state index in [1.54, 1.807) is 7.11 Å². The molecule has 108 valence electrons. The average Bonchev–Trinajstić information content (AvgIpc) is 2.81.